The fourth-order valence-electron chi connectivity index (χ4n) is 2.78. The molecule has 0 aliphatic carbocycles. The number of benzene rings is 1. The normalized spacial score (nSPS) is 19.9. The van der Waals surface area contributed by atoms with E-state index in [1.54, 1.807) is 26.0 Å². The van der Waals surface area contributed by atoms with Crippen LogP contribution in [0.1, 0.15) is 23.1 Å². The van der Waals surface area contributed by atoms with Crippen molar-refractivity contribution in [3.8, 4) is 0 Å². The minimum Gasteiger partial charge on any atom is -0.378 e. The molecule has 1 saturated heterocycles. The molecule has 2 aromatic rings. The molecule has 8 heteroatoms. The maximum atomic E-state index is 13.1. The lowest BCUT2D eigenvalue weighted by Gasteiger charge is -2.34. The second-order valence-electron chi connectivity index (χ2n) is 5.41. The SMILES string of the molecule is Cc1noc(C)c1S(=O)(=O)N1CCOCC1c1ccc(F)cc1. The van der Waals surface area contributed by atoms with Crippen LogP contribution in [-0.2, 0) is 14.8 Å². The Kier molecular flexibility index (Phi) is 4.22. The molecule has 1 atom stereocenters. The summed E-state index contributed by atoms with van der Waals surface area (Å²) in [5.41, 5.74) is 1.01. The van der Waals surface area contributed by atoms with E-state index in [-0.39, 0.29) is 29.6 Å². The van der Waals surface area contributed by atoms with Gasteiger partial charge in [-0.1, -0.05) is 17.3 Å². The molecule has 3 rings (SSSR count). The number of hydrogen-bond acceptors (Lipinski definition) is 5. The van der Waals surface area contributed by atoms with Crippen molar-refractivity contribution in [3.63, 3.8) is 0 Å². The number of rotatable bonds is 3. The van der Waals surface area contributed by atoms with Gasteiger partial charge in [0.2, 0.25) is 10.0 Å². The lowest BCUT2D eigenvalue weighted by molar-refractivity contribution is 0.0320. The van der Waals surface area contributed by atoms with Crippen LogP contribution in [0.15, 0.2) is 33.7 Å². The largest absolute Gasteiger partial charge is 0.378 e. The number of ether oxygens (including phenoxy) is 1. The number of nitrogens with zero attached hydrogens (tertiary/aromatic N) is 2. The van der Waals surface area contributed by atoms with E-state index in [1.807, 2.05) is 0 Å². The highest BCUT2D eigenvalue weighted by Crippen LogP contribution is 2.32. The zero-order valence-corrected chi connectivity index (χ0v) is 13.6. The first kappa shape index (κ1) is 16.1. The van der Waals surface area contributed by atoms with Crippen molar-refractivity contribution in [2.24, 2.45) is 0 Å². The molecule has 124 valence electrons. The summed E-state index contributed by atoms with van der Waals surface area (Å²) in [4.78, 5) is 0.0894. The second-order valence-corrected chi connectivity index (χ2v) is 7.24. The van der Waals surface area contributed by atoms with E-state index in [4.69, 9.17) is 9.26 Å². The highest BCUT2D eigenvalue weighted by atomic mass is 32.2. The molecule has 2 heterocycles. The van der Waals surface area contributed by atoms with E-state index >= 15 is 0 Å². The van der Waals surface area contributed by atoms with E-state index in [9.17, 15) is 12.8 Å². The van der Waals surface area contributed by atoms with E-state index in [2.05, 4.69) is 5.16 Å². The smallest absolute Gasteiger partial charge is 0.249 e. The van der Waals surface area contributed by atoms with E-state index < -0.39 is 16.1 Å². The van der Waals surface area contributed by atoms with Gasteiger partial charge < -0.3 is 9.26 Å². The van der Waals surface area contributed by atoms with Gasteiger partial charge in [0.25, 0.3) is 0 Å². The third kappa shape index (κ3) is 2.89. The number of halogens is 1. The molecule has 1 aliphatic heterocycles. The van der Waals surface area contributed by atoms with Gasteiger partial charge in [0, 0.05) is 6.54 Å². The summed E-state index contributed by atoms with van der Waals surface area (Å²) in [5.74, 6) is -0.113. The summed E-state index contributed by atoms with van der Waals surface area (Å²) >= 11 is 0. The van der Waals surface area contributed by atoms with Crippen molar-refractivity contribution in [2.75, 3.05) is 19.8 Å². The fraction of sp³-hybridized carbons (Fsp3) is 0.400. The van der Waals surface area contributed by atoms with Gasteiger partial charge in [0.1, 0.15) is 16.4 Å². The molecule has 0 bridgehead atoms. The number of morpholine rings is 1. The molecule has 0 saturated carbocycles. The summed E-state index contributed by atoms with van der Waals surface area (Å²) in [6.07, 6.45) is 0. The van der Waals surface area contributed by atoms with Crippen LogP contribution >= 0.6 is 0 Å². The summed E-state index contributed by atoms with van der Waals surface area (Å²) in [7, 11) is -3.78. The molecule has 1 aliphatic rings. The molecular weight excluding hydrogens is 323 g/mol. The van der Waals surface area contributed by atoms with Crippen molar-refractivity contribution in [2.45, 2.75) is 24.8 Å². The van der Waals surface area contributed by atoms with Gasteiger partial charge >= 0.3 is 0 Å². The first-order valence-electron chi connectivity index (χ1n) is 7.19. The third-order valence-electron chi connectivity index (χ3n) is 3.87. The summed E-state index contributed by atoms with van der Waals surface area (Å²) in [6.45, 7) is 3.90. The minimum atomic E-state index is -3.78. The predicted octanol–water partition coefficient (Wildman–Crippen LogP) is 2.19. The van der Waals surface area contributed by atoms with Gasteiger partial charge in [0.15, 0.2) is 5.76 Å². The molecule has 0 spiro atoms. The van der Waals surface area contributed by atoms with Gasteiger partial charge in [-0.3, -0.25) is 0 Å². The molecule has 1 aromatic carbocycles. The highest BCUT2D eigenvalue weighted by molar-refractivity contribution is 7.89. The average Bonchev–Trinajstić information content (AvgIpc) is 2.87. The zero-order chi connectivity index (χ0) is 16.6. The van der Waals surface area contributed by atoms with Crippen LogP contribution in [0.5, 0.6) is 0 Å². The second kappa shape index (κ2) is 6.03. The quantitative estimate of drug-likeness (QED) is 0.856. The summed E-state index contributed by atoms with van der Waals surface area (Å²) in [6, 6.07) is 5.26. The Morgan fingerprint density at radius 2 is 1.96 bits per heavy atom. The molecule has 0 N–H and O–H groups in total. The average molecular weight is 340 g/mol. The lowest BCUT2D eigenvalue weighted by atomic mass is 10.1. The molecular formula is C15H17FN2O4S. The molecule has 1 fully saturated rings. The number of hydrogen-bond donors (Lipinski definition) is 0. The van der Waals surface area contributed by atoms with Crippen molar-refractivity contribution in [1.29, 1.82) is 0 Å². The number of sulfonamides is 1. The molecule has 0 amide bonds. The Labute approximate surface area is 133 Å². The number of aromatic nitrogens is 1. The first-order valence-corrected chi connectivity index (χ1v) is 8.63. The molecule has 0 radical (unpaired) electrons. The molecule has 1 unspecified atom stereocenters. The van der Waals surface area contributed by atoms with E-state index in [1.165, 1.54) is 16.4 Å². The molecule has 6 nitrogen and oxygen atoms in total. The van der Waals surface area contributed by atoms with Crippen molar-refractivity contribution in [1.82, 2.24) is 9.46 Å². The molecule has 1 aromatic heterocycles. The van der Waals surface area contributed by atoms with Crippen LogP contribution in [0.2, 0.25) is 0 Å². The van der Waals surface area contributed by atoms with Crippen molar-refractivity contribution in [3.05, 3.63) is 47.1 Å². The van der Waals surface area contributed by atoms with Crippen LogP contribution in [-0.4, -0.2) is 37.6 Å². The van der Waals surface area contributed by atoms with E-state index in [0.29, 0.717) is 17.9 Å². The molecule has 23 heavy (non-hydrogen) atoms. The monoisotopic (exact) mass is 340 g/mol. The van der Waals surface area contributed by atoms with Gasteiger partial charge in [-0.15, -0.1) is 0 Å². The van der Waals surface area contributed by atoms with Crippen molar-refractivity contribution < 1.29 is 22.1 Å². The number of aryl methyl sites for hydroxylation is 2. The Bertz CT molecular complexity index is 782. The van der Waals surface area contributed by atoms with Crippen LogP contribution in [0.4, 0.5) is 4.39 Å². The Hall–Kier alpha value is -1.77. The third-order valence-corrected chi connectivity index (χ3v) is 6.02. The minimum absolute atomic E-state index is 0.0894. The maximum Gasteiger partial charge on any atom is 0.249 e. The predicted molar refractivity (Wildman–Crippen MR) is 79.8 cm³/mol. The lowest BCUT2D eigenvalue weighted by Crippen LogP contribution is -2.43. The van der Waals surface area contributed by atoms with Crippen LogP contribution in [0, 0.1) is 19.7 Å². The van der Waals surface area contributed by atoms with Crippen LogP contribution < -0.4 is 0 Å². The summed E-state index contributed by atoms with van der Waals surface area (Å²) in [5, 5.41) is 3.72. The first-order chi connectivity index (χ1) is 10.9. The van der Waals surface area contributed by atoms with Gasteiger partial charge in [-0.25, -0.2) is 12.8 Å². The van der Waals surface area contributed by atoms with Crippen molar-refractivity contribution >= 4 is 10.0 Å². The van der Waals surface area contributed by atoms with E-state index in [0.717, 1.165) is 0 Å². The standard InChI is InChI=1S/C15H17FN2O4S/c1-10-15(11(2)22-17-10)23(19,20)18-7-8-21-9-14(18)12-3-5-13(16)6-4-12/h3-6,14H,7-9H2,1-2H3. The summed E-state index contributed by atoms with van der Waals surface area (Å²) < 4.78 is 51.0. The Morgan fingerprint density at radius 3 is 2.57 bits per heavy atom. The maximum absolute atomic E-state index is 13.1. The van der Waals surface area contributed by atoms with Gasteiger partial charge in [-0.05, 0) is 31.5 Å². The van der Waals surface area contributed by atoms with Crippen LogP contribution in [0.25, 0.3) is 0 Å². The topological polar surface area (TPSA) is 72.6 Å². The van der Waals surface area contributed by atoms with Gasteiger partial charge in [0.05, 0.1) is 19.3 Å². The van der Waals surface area contributed by atoms with Gasteiger partial charge in [-0.2, -0.15) is 4.31 Å². The fourth-order valence-corrected chi connectivity index (χ4v) is 4.66. The highest BCUT2D eigenvalue weighted by Gasteiger charge is 2.38. The Balaban J connectivity index is 2.03. The Morgan fingerprint density at radius 1 is 1.26 bits per heavy atom. The zero-order valence-electron chi connectivity index (χ0n) is 12.8. The van der Waals surface area contributed by atoms with Crippen LogP contribution in [0.3, 0.4) is 0 Å².